The van der Waals surface area contributed by atoms with Crippen LogP contribution in [0.25, 0.3) is 10.9 Å². The van der Waals surface area contributed by atoms with Gasteiger partial charge in [0.25, 0.3) is 0 Å². The third-order valence-corrected chi connectivity index (χ3v) is 3.61. The summed E-state index contributed by atoms with van der Waals surface area (Å²) in [6, 6.07) is 8.79. The maximum Gasteiger partial charge on any atom is 0.0483 e. The first-order valence-corrected chi connectivity index (χ1v) is 7.03. The molecule has 18 heavy (non-hydrogen) atoms. The lowest BCUT2D eigenvalue weighted by molar-refractivity contribution is 0.453. The van der Waals surface area contributed by atoms with E-state index in [2.05, 4.69) is 48.9 Å². The van der Waals surface area contributed by atoms with Crippen LogP contribution < -0.4 is 5.73 Å². The molecule has 2 aromatic rings. The SMILES string of the molecule is CCCC(C)Cn1ccc2c(CCN)cccc21. The van der Waals surface area contributed by atoms with Crippen LogP contribution in [0.1, 0.15) is 32.3 Å². The second-order valence-electron chi connectivity index (χ2n) is 5.25. The molecule has 0 saturated heterocycles. The summed E-state index contributed by atoms with van der Waals surface area (Å²) in [4.78, 5) is 0. The van der Waals surface area contributed by atoms with Crippen molar-refractivity contribution in [2.75, 3.05) is 6.54 Å². The fourth-order valence-corrected chi connectivity index (χ4v) is 2.74. The molecule has 1 atom stereocenters. The molecule has 2 rings (SSSR count). The quantitative estimate of drug-likeness (QED) is 0.827. The van der Waals surface area contributed by atoms with Crippen LogP contribution >= 0.6 is 0 Å². The van der Waals surface area contributed by atoms with Crippen LogP contribution in [0, 0.1) is 5.92 Å². The highest BCUT2D eigenvalue weighted by atomic mass is 15.0. The Kier molecular flexibility index (Phi) is 4.43. The third-order valence-electron chi connectivity index (χ3n) is 3.61. The van der Waals surface area contributed by atoms with E-state index < -0.39 is 0 Å². The number of hydrogen-bond donors (Lipinski definition) is 1. The van der Waals surface area contributed by atoms with Gasteiger partial charge in [0.05, 0.1) is 0 Å². The van der Waals surface area contributed by atoms with Gasteiger partial charge in [-0.3, -0.25) is 0 Å². The zero-order valence-corrected chi connectivity index (χ0v) is 11.5. The monoisotopic (exact) mass is 244 g/mol. The molecule has 0 radical (unpaired) electrons. The van der Waals surface area contributed by atoms with E-state index in [0.29, 0.717) is 0 Å². The highest BCUT2D eigenvalue weighted by Crippen LogP contribution is 2.22. The summed E-state index contributed by atoms with van der Waals surface area (Å²) >= 11 is 0. The topological polar surface area (TPSA) is 30.9 Å². The molecule has 2 nitrogen and oxygen atoms in total. The van der Waals surface area contributed by atoms with Crippen molar-refractivity contribution in [3.63, 3.8) is 0 Å². The average molecular weight is 244 g/mol. The molecule has 0 amide bonds. The minimum Gasteiger partial charge on any atom is -0.347 e. The number of rotatable bonds is 6. The predicted molar refractivity (Wildman–Crippen MR) is 78.8 cm³/mol. The van der Waals surface area contributed by atoms with Crippen LogP contribution in [0.5, 0.6) is 0 Å². The van der Waals surface area contributed by atoms with Crippen LogP contribution in [-0.2, 0) is 13.0 Å². The van der Waals surface area contributed by atoms with Gasteiger partial charge in [0.1, 0.15) is 0 Å². The number of benzene rings is 1. The van der Waals surface area contributed by atoms with Gasteiger partial charge in [-0.25, -0.2) is 0 Å². The Bertz CT molecular complexity index is 499. The van der Waals surface area contributed by atoms with E-state index in [1.165, 1.54) is 29.3 Å². The lowest BCUT2D eigenvalue weighted by Crippen LogP contribution is -2.06. The lowest BCUT2D eigenvalue weighted by Gasteiger charge is -2.12. The molecule has 1 aromatic heterocycles. The number of nitrogens with two attached hydrogens (primary N) is 1. The van der Waals surface area contributed by atoms with E-state index in [-0.39, 0.29) is 0 Å². The molecule has 0 aliphatic heterocycles. The summed E-state index contributed by atoms with van der Waals surface area (Å²) < 4.78 is 2.38. The third kappa shape index (κ3) is 2.75. The number of aromatic nitrogens is 1. The average Bonchev–Trinajstić information content (AvgIpc) is 2.74. The van der Waals surface area contributed by atoms with E-state index in [4.69, 9.17) is 5.73 Å². The van der Waals surface area contributed by atoms with Gasteiger partial charge < -0.3 is 10.3 Å². The van der Waals surface area contributed by atoms with E-state index in [0.717, 1.165) is 25.4 Å². The second-order valence-corrected chi connectivity index (χ2v) is 5.25. The molecule has 0 saturated carbocycles. The van der Waals surface area contributed by atoms with Gasteiger partial charge in [0.15, 0.2) is 0 Å². The molecule has 1 heterocycles. The summed E-state index contributed by atoms with van der Waals surface area (Å²) in [5, 5.41) is 1.37. The number of nitrogens with zero attached hydrogens (tertiary/aromatic N) is 1. The molecule has 98 valence electrons. The summed E-state index contributed by atoms with van der Waals surface area (Å²) in [5.74, 6) is 0.740. The molecular formula is C16H24N2. The Hall–Kier alpha value is -1.28. The largest absolute Gasteiger partial charge is 0.347 e. The highest BCUT2D eigenvalue weighted by molar-refractivity contribution is 5.83. The summed E-state index contributed by atoms with van der Waals surface area (Å²) in [7, 11) is 0. The van der Waals surface area contributed by atoms with Crippen molar-refractivity contribution in [1.82, 2.24) is 4.57 Å². The van der Waals surface area contributed by atoms with Crippen molar-refractivity contribution in [2.24, 2.45) is 11.7 Å². The fraction of sp³-hybridized carbons (Fsp3) is 0.500. The molecule has 1 aromatic carbocycles. The summed E-state index contributed by atoms with van der Waals surface area (Å²) in [6.07, 6.45) is 5.74. The van der Waals surface area contributed by atoms with E-state index in [1.54, 1.807) is 0 Å². The lowest BCUT2D eigenvalue weighted by atomic mass is 10.1. The Morgan fingerprint density at radius 1 is 1.28 bits per heavy atom. The van der Waals surface area contributed by atoms with Crippen molar-refractivity contribution in [1.29, 1.82) is 0 Å². The zero-order chi connectivity index (χ0) is 13.0. The van der Waals surface area contributed by atoms with Gasteiger partial charge in [0, 0.05) is 23.6 Å². The summed E-state index contributed by atoms with van der Waals surface area (Å²) in [6.45, 7) is 6.42. The van der Waals surface area contributed by atoms with E-state index >= 15 is 0 Å². The minimum absolute atomic E-state index is 0.719. The minimum atomic E-state index is 0.719. The van der Waals surface area contributed by atoms with Crippen LogP contribution in [0.2, 0.25) is 0 Å². The zero-order valence-electron chi connectivity index (χ0n) is 11.5. The van der Waals surface area contributed by atoms with Gasteiger partial charge in [-0.1, -0.05) is 32.4 Å². The smallest absolute Gasteiger partial charge is 0.0483 e. The van der Waals surface area contributed by atoms with Gasteiger partial charge in [-0.2, -0.15) is 0 Å². The van der Waals surface area contributed by atoms with Gasteiger partial charge >= 0.3 is 0 Å². The first-order chi connectivity index (χ1) is 8.76. The number of fused-ring (bicyclic) bond motifs is 1. The molecule has 2 N–H and O–H groups in total. The Morgan fingerprint density at radius 3 is 2.83 bits per heavy atom. The van der Waals surface area contributed by atoms with Crippen molar-refractivity contribution in [3.8, 4) is 0 Å². The Morgan fingerprint density at radius 2 is 2.11 bits per heavy atom. The Balaban J connectivity index is 2.27. The summed E-state index contributed by atoms with van der Waals surface area (Å²) in [5.41, 5.74) is 8.39. The van der Waals surface area contributed by atoms with Crippen LogP contribution in [0.15, 0.2) is 30.5 Å². The molecular weight excluding hydrogens is 220 g/mol. The highest BCUT2D eigenvalue weighted by Gasteiger charge is 2.07. The molecule has 2 heteroatoms. The molecule has 0 spiro atoms. The van der Waals surface area contributed by atoms with Crippen LogP contribution in [0.4, 0.5) is 0 Å². The molecule has 0 bridgehead atoms. The molecule has 1 unspecified atom stereocenters. The first kappa shape index (κ1) is 13.2. The Labute approximate surface area is 110 Å². The first-order valence-electron chi connectivity index (χ1n) is 7.03. The maximum atomic E-state index is 5.67. The standard InChI is InChI=1S/C16H24N2/c1-3-5-13(2)12-18-11-9-15-14(8-10-17)6-4-7-16(15)18/h4,6-7,9,11,13H,3,5,8,10,12,17H2,1-2H3. The van der Waals surface area contributed by atoms with Crippen LogP contribution in [-0.4, -0.2) is 11.1 Å². The number of hydrogen-bond acceptors (Lipinski definition) is 1. The van der Waals surface area contributed by atoms with Gasteiger partial charge in [0.2, 0.25) is 0 Å². The van der Waals surface area contributed by atoms with Gasteiger partial charge in [-0.05, 0) is 43.0 Å². The fourth-order valence-electron chi connectivity index (χ4n) is 2.74. The predicted octanol–water partition coefficient (Wildman–Crippen LogP) is 3.58. The van der Waals surface area contributed by atoms with E-state index in [1.807, 2.05) is 0 Å². The molecule has 0 aliphatic carbocycles. The van der Waals surface area contributed by atoms with Crippen molar-refractivity contribution in [3.05, 3.63) is 36.0 Å². The van der Waals surface area contributed by atoms with Crippen molar-refractivity contribution in [2.45, 2.75) is 39.7 Å². The van der Waals surface area contributed by atoms with Crippen molar-refractivity contribution >= 4 is 10.9 Å². The normalized spacial score (nSPS) is 13.1. The van der Waals surface area contributed by atoms with Crippen molar-refractivity contribution < 1.29 is 0 Å². The van der Waals surface area contributed by atoms with Gasteiger partial charge in [-0.15, -0.1) is 0 Å². The molecule has 0 fully saturated rings. The molecule has 0 aliphatic rings. The van der Waals surface area contributed by atoms with Crippen LogP contribution in [0.3, 0.4) is 0 Å². The second kappa shape index (κ2) is 6.05. The van der Waals surface area contributed by atoms with E-state index in [9.17, 15) is 0 Å². The maximum absolute atomic E-state index is 5.67.